The lowest BCUT2D eigenvalue weighted by Crippen LogP contribution is -2.24. The van der Waals surface area contributed by atoms with Crippen molar-refractivity contribution >= 4 is 11.6 Å². The van der Waals surface area contributed by atoms with E-state index in [0.717, 1.165) is 12.2 Å². The van der Waals surface area contributed by atoms with E-state index in [2.05, 4.69) is 38.2 Å². The Hall–Kier alpha value is -3.48. The van der Waals surface area contributed by atoms with Gasteiger partial charge >= 0.3 is 0 Å². The van der Waals surface area contributed by atoms with Crippen molar-refractivity contribution in [1.29, 1.82) is 0 Å². The van der Waals surface area contributed by atoms with Gasteiger partial charge in [-0.05, 0) is 66.0 Å². The van der Waals surface area contributed by atoms with Crippen molar-refractivity contribution in [3.8, 4) is 17.2 Å². The fourth-order valence-corrected chi connectivity index (χ4v) is 4.99. The lowest BCUT2D eigenvalue weighted by Gasteiger charge is -2.33. The number of rotatable bonds is 10. The molecule has 2 aromatic carbocycles. The summed E-state index contributed by atoms with van der Waals surface area (Å²) in [4.78, 5) is 13.1. The molecule has 6 nitrogen and oxygen atoms in total. The number of alkyl halides is 1. The molecule has 0 fully saturated rings. The number of furan rings is 1. The van der Waals surface area contributed by atoms with E-state index in [9.17, 15) is 9.18 Å². The summed E-state index contributed by atoms with van der Waals surface area (Å²) in [5.74, 6) is 1.68. The minimum Gasteiger partial charge on any atom is -0.494 e. The Labute approximate surface area is 218 Å². The van der Waals surface area contributed by atoms with E-state index in [1.165, 1.54) is 49.3 Å². The van der Waals surface area contributed by atoms with Crippen molar-refractivity contribution in [3.05, 3.63) is 70.2 Å². The molecule has 0 aliphatic heterocycles. The van der Waals surface area contributed by atoms with Gasteiger partial charge in [0.2, 0.25) is 0 Å². The monoisotopic (exact) mass is 509 g/mol. The molecule has 1 N–H and O–H groups in total. The fourth-order valence-electron chi connectivity index (χ4n) is 4.99. The topological polar surface area (TPSA) is 69.9 Å². The first-order valence-electron chi connectivity index (χ1n) is 12.7. The molecule has 1 aliphatic rings. The molecule has 198 valence electrons. The van der Waals surface area contributed by atoms with Crippen LogP contribution in [0.1, 0.15) is 71.7 Å². The van der Waals surface area contributed by atoms with Crippen LogP contribution in [-0.4, -0.2) is 33.4 Å². The van der Waals surface area contributed by atoms with Gasteiger partial charge < -0.3 is 23.9 Å². The third-order valence-corrected chi connectivity index (χ3v) is 7.05. The predicted molar refractivity (Wildman–Crippen MR) is 142 cm³/mol. The number of benzene rings is 2. The summed E-state index contributed by atoms with van der Waals surface area (Å²) < 4.78 is 34.8. The number of amides is 1. The lowest BCUT2D eigenvalue weighted by molar-refractivity contribution is 0.0994. The highest BCUT2D eigenvalue weighted by molar-refractivity contribution is 6.04. The highest BCUT2D eigenvalue weighted by Crippen LogP contribution is 2.40. The lowest BCUT2D eigenvalue weighted by atomic mass is 9.71. The van der Waals surface area contributed by atoms with Crippen molar-refractivity contribution in [1.82, 2.24) is 0 Å². The predicted octanol–water partition coefficient (Wildman–Crippen LogP) is 6.80. The SMILES string of the molecule is COc1cc(OCCCF)cc(OC)c1NC(=O)c1ccc(Cc2cc3c(cc2C)CCCC3(C)C)o1. The summed E-state index contributed by atoms with van der Waals surface area (Å²) >= 11 is 0. The fraction of sp³-hybridized carbons (Fsp3) is 0.433. The largest absolute Gasteiger partial charge is 0.494 e. The summed E-state index contributed by atoms with van der Waals surface area (Å²) in [5, 5.41) is 2.83. The Morgan fingerprint density at radius 3 is 2.51 bits per heavy atom. The van der Waals surface area contributed by atoms with Gasteiger partial charge in [-0.2, -0.15) is 0 Å². The van der Waals surface area contributed by atoms with Crippen molar-refractivity contribution in [2.75, 3.05) is 32.8 Å². The van der Waals surface area contributed by atoms with Gasteiger partial charge in [-0.1, -0.05) is 26.0 Å². The summed E-state index contributed by atoms with van der Waals surface area (Å²) in [6.07, 6.45) is 4.43. The van der Waals surface area contributed by atoms with Crippen LogP contribution >= 0.6 is 0 Å². The van der Waals surface area contributed by atoms with Gasteiger partial charge in [0, 0.05) is 25.0 Å². The molecule has 37 heavy (non-hydrogen) atoms. The van der Waals surface area contributed by atoms with E-state index in [1.54, 1.807) is 18.2 Å². The van der Waals surface area contributed by atoms with Crippen LogP contribution in [0.15, 0.2) is 40.8 Å². The van der Waals surface area contributed by atoms with Gasteiger partial charge in [0.1, 0.15) is 28.7 Å². The number of aryl methyl sites for hydroxylation is 2. The minimum atomic E-state index is -0.461. The average molecular weight is 510 g/mol. The van der Waals surface area contributed by atoms with Gasteiger partial charge in [0.05, 0.1) is 27.5 Å². The molecule has 0 bridgehead atoms. The van der Waals surface area contributed by atoms with Crippen molar-refractivity contribution in [2.24, 2.45) is 0 Å². The van der Waals surface area contributed by atoms with Crippen LogP contribution in [0, 0.1) is 6.92 Å². The molecule has 1 aliphatic carbocycles. The first-order chi connectivity index (χ1) is 17.7. The number of carbonyl (C=O) groups is 1. The number of hydrogen-bond acceptors (Lipinski definition) is 5. The Bertz CT molecular complexity index is 1240. The average Bonchev–Trinajstić information content (AvgIpc) is 3.34. The Balaban J connectivity index is 1.52. The molecule has 4 rings (SSSR count). The van der Waals surface area contributed by atoms with E-state index in [1.807, 2.05) is 6.07 Å². The van der Waals surface area contributed by atoms with Gasteiger partial charge in [0.15, 0.2) is 5.76 Å². The smallest absolute Gasteiger partial charge is 0.291 e. The molecule has 0 saturated heterocycles. The molecule has 0 spiro atoms. The van der Waals surface area contributed by atoms with E-state index >= 15 is 0 Å². The Morgan fingerprint density at radius 1 is 1.11 bits per heavy atom. The molecule has 0 saturated carbocycles. The molecule has 1 amide bonds. The molecule has 1 heterocycles. The number of ether oxygens (including phenoxy) is 3. The molecule has 7 heteroatoms. The van der Waals surface area contributed by atoms with Crippen LogP contribution in [0.4, 0.5) is 10.1 Å². The standard InChI is InChI=1S/C30H36FNO5/c1-19-14-20-8-6-11-30(2,3)24(20)16-21(19)15-22-9-10-25(37-22)29(33)32-28-26(34-4)17-23(18-27(28)35-5)36-13-7-12-31/h9-10,14,16-18H,6-8,11-13,15H2,1-5H3,(H,32,33). The highest BCUT2D eigenvalue weighted by Gasteiger charge is 2.28. The van der Waals surface area contributed by atoms with Crippen LogP contribution < -0.4 is 19.5 Å². The molecule has 3 aromatic rings. The zero-order chi connectivity index (χ0) is 26.6. The van der Waals surface area contributed by atoms with E-state index in [4.69, 9.17) is 18.6 Å². The number of halogens is 1. The Morgan fingerprint density at radius 2 is 1.84 bits per heavy atom. The van der Waals surface area contributed by atoms with Crippen LogP contribution in [0.3, 0.4) is 0 Å². The van der Waals surface area contributed by atoms with Gasteiger partial charge in [-0.3, -0.25) is 9.18 Å². The maximum atomic E-state index is 13.1. The summed E-state index contributed by atoms with van der Waals surface area (Å²) in [5.41, 5.74) is 5.83. The molecule has 0 radical (unpaired) electrons. The molecule has 0 unspecified atom stereocenters. The van der Waals surface area contributed by atoms with Crippen LogP contribution in [0.2, 0.25) is 0 Å². The maximum absolute atomic E-state index is 13.1. The molecule has 1 aromatic heterocycles. The third kappa shape index (κ3) is 5.92. The van der Waals surface area contributed by atoms with Gasteiger partial charge in [0.25, 0.3) is 5.91 Å². The number of anilines is 1. The maximum Gasteiger partial charge on any atom is 0.291 e. The second kappa shape index (κ2) is 11.3. The summed E-state index contributed by atoms with van der Waals surface area (Å²) in [6.45, 7) is 6.52. The van der Waals surface area contributed by atoms with Crippen molar-refractivity contribution in [2.45, 2.75) is 58.3 Å². The van der Waals surface area contributed by atoms with Gasteiger partial charge in [-0.25, -0.2) is 0 Å². The Kier molecular flexibility index (Phi) is 8.10. The number of fused-ring (bicyclic) bond motifs is 1. The van der Waals surface area contributed by atoms with Crippen LogP contribution in [-0.2, 0) is 18.3 Å². The quantitative estimate of drug-likeness (QED) is 0.304. The van der Waals surface area contributed by atoms with E-state index in [-0.39, 0.29) is 24.2 Å². The highest BCUT2D eigenvalue weighted by atomic mass is 19.1. The molecular formula is C30H36FNO5. The van der Waals surface area contributed by atoms with Gasteiger partial charge in [-0.15, -0.1) is 0 Å². The van der Waals surface area contributed by atoms with Crippen LogP contribution in [0.5, 0.6) is 17.2 Å². The second-order valence-corrected chi connectivity index (χ2v) is 10.2. The zero-order valence-electron chi connectivity index (χ0n) is 22.3. The van der Waals surface area contributed by atoms with Crippen molar-refractivity contribution in [3.63, 3.8) is 0 Å². The van der Waals surface area contributed by atoms with Crippen LogP contribution in [0.25, 0.3) is 0 Å². The third-order valence-electron chi connectivity index (χ3n) is 7.05. The molecule has 0 atom stereocenters. The normalized spacial score (nSPS) is 14.1. The number of nitrogens with one attached hydrogen (secondary N) is 1. The minimum absolute atomic E-state index is 0.163. The number of hydrogen-bond donors (Lipinski definition) is 1. The molecular weight excluding hydrogens is 473 g/mol. The first kappa shape index (κ1) is 26.6. The summed E-state index contributed by atoms with van der Waals surface area (Å²) in [6, 6.07) is 11.4. The number of carbonyl (C=O) groups excluding carboxylic acids is 1. The first-order valence-corrected chi connectivity index (χ1v) is 12.7. The van der Waals surface area contributed by atoms with E-state index in [0.29, 0.717) is 29.4 Å². The second-order valence-electron chi connectivity index (χ2n) is 10.2. The summed E-state index contributed by atoms with van der Waals surface area (Å²) in [7, 11) is 2.98. The number of methoxy groups -OCH3 is 2. The van der Waals surface area contributed by atoms with Crippen molar-refractivity contribution < 1.29 is 27.8 Å². The van der Waals surface area contributed by atoms with E-state index < -0.39 is 12.6 Å². The zero-order valence-corrected chi connectivity index (χ0v) is 22.3.